The molecule has 2 rings (SSSR count). The Bertz CT molecular complexity index is 378. The molecule has 0 N–H and O–H groups in total. The normalized spacial score (nSPS) is 25.3. The maximum atomic E-state index is 12.9. The molecule has 1 aromatic carbocycles. The molecule has 2 atom stereocenters. The van der Waals surface area contributed by atoms with E-state index in [9.17, 15) is 4.39 Å². The largest absolute Gasteiger partial charge is 0.207 e. The van der Waals surface area contributed by atoms with E-state index in [4.69, 9.17) is 5.26 Å². The van der Waals surface area contributed by atoms with Gasteiger partial charge >= 0.3 is 0 Å². The molecule has 0 amide bonds. The van der Waals surface area contributed by atoms with Crippen LogP contribution in [0.5, 0.6) is 0 Å². The summed E-state index contributed by atoms with van der Waals surface area (Å²) < 4.78 is 12.9. The maximum Gasteiger partial charge on any atom is 0.123 e. The van der Waals surface area contributed by atoms with Crippen LogP contribution in [0.4, 0.5) is 4.39 Å². The van der Waals surface area contributed by atoms with E-state index in [1.165, 1.54) is 12.1 Å². The molecule has 2 heteroatoms. The van der Waals surface area contributed by atoms with Crippen LogP contribution in [0.3, 0.4) is 0 Å². The van der Waals surface area contributed by atoms with Crippen molar-refractivity contribution >= 4 is 0 Å². The summed E-state index contributed by atoms with van der Waals surface area (Å²) in [6, 6.07) is 6.97. The third kappa shape index (κ3) is 1.21. The van der Waals surface area contributed by atoms with Crippen LogP contribution in [0.15, 0.2) is 18.2 Å². The zero-order valence-corrected chi connectivity index (χ0v) is 7.42. The summed E-state index contributed by atoms with van der Waals surface area (Å²) in [6.45, 7) is 2.08. The summed E-state index contributed by atoms with van der Waals surface area (Å²) in [4.78, 5) is 0. The summed E-state index contributed by atoms with van der Waals surface area (Å²) >= 11 is 0. The number of hydrogen-bond donors (Lipinski definition) is 0. The number of benzene rings is 1. The second-order valence-electron chi connectivity index (χ2n) is 3.59. The monoisotopic (exact) mass is 175 g/mol. The summed E-state index contributed by atoms with van der Waals surface area (Å²) in [7, 11) is 0. The highest BCUT2D eigenvalue weighted by molar-refractivity contribution is 5.41. The van der Waals surface area contributed by atoms with Crippen molar-refractivity contribution < 1.29 is 4.39 Å². The molecule has 0 saturated heterocycles. The predicted octanol–water partition coefficient (Wildman–Crippen LogP) is 2.94. The van der Waals surface area contributed by atoms with Crippen molar-refractivity contribution in [1.29, 1.82) is 5.26 Å². The van der Waals surface area contributed by atoms with Gasteiger partial charge in [-0.3, -0.25) is 0 Å². The highest BCUT2D eigenvalue weighted by Crippen LogP contribution is 2.40. The first-order valence-electron chi connectivity index (χ1n) is 4.41. The van der Waals surface area contributed by atoms with Gasteiger partial charge in [-0.15, -0.1) is 0 Å². The Labute approximate surface area is 76.8 Å². The summed E-state index contributed by atoms with van der Waals surface area (Å²) in [5.74, 6) is 0.0362. The fraction of sp³-hybridized carbons (Fsp3) is 0.364. The van der Waals surface area contributed by atoms with Crippen molar-refractivity contribution in [3.63, 3.8) is 0 Å². The molecule has 2 unspecified atom stereocenters. The van der Waals surface area contributed by atoms with Crippen LogP contribution in [0.2, 0.25) is 0 Å². The first kappa shape index (κ1) is 8.25. The Morgan fingerprint density at radius 3 is 2.92 bits per heavy atom. The van der Waals surface area contributed by atoms with E-state index < -0.39 is 0 Å². The molecule has 13 heavy (non-hydrogen) atoms. The number of rotatable bonds is 0. The number of fused-ring (bicyclic) bond motifs is 1. The average molecular weight is 175 g/mol. The lowest BCUT2D eigenvalue weighted by Gasteiger charge is -2.02. The minimum absolute atomic E-state index is 0.110. The number of hydrogen-bond acceptors (Lipinski definition) is 1. The molecule has 1 nitrogen and oxygen atoms in total. The van der Waals surface area contributed by atoms with E-state index in [1.54, 1.807) is 6.07 Å². The van der Waals surface area contributed by atoms with Crippen molar-refractivity contribution in [2.24, 2.45) is 0 Å². The molecule has 66 valence electrons. The second kappa shape index (κ2) is 2.85. The highest BCUT2D eigenvalue weighted by atomic mass is 19.1. The predicted molar refractivity (Wildman–Crippen MR) is 47.8 cm³/mol. The topological polar surface area (TPSA) is 23.8 Å². The first-order chi connectivity index (χ1) is 6.22. The second-order valence-corrected chi connectivity index (χ2v) is 3.59. The molecule has 0 aliphatic heterocycles. The van der Waals surface area contributed by atoms with Crippen molar-refractivity contribution in [3.8, 4) is 6.07 Å². The molecule has 0 radical (unpaired) electrons. The lowest BCUT2D eigenvalue weighted by Crippen LogP contribution is -1.89. The van der Waals surface area contributed by atoms with Crippen molar-refractivity contribution in [2.75, 3.05) is 0 Å². The van der Waals surface area contributed by atoms with Crippen LogP contribution in [0, 0.1) is 17.1 Å². The van der Waals surface area contributed by atoms with Crippen LogP contribution < -0.4 is 0 Å². The number of halogens is 1. The minimum atomic E-state index is -0.242. The van der Waals surface area contributed by atoms with E-state index in [0.29, 0.717) is 5.92 Å². The van der Waals surface area contributed by atoms with Crippen LogP contribution in [0.25, 0.3) is 0 Å². The van der Waals surface area contributed by atoms with Gasteiger partial charge in [-0.2, -0.15) is 5.26 Å². The fourth-order valence-corrected chi connectivity index (χ4v) is 2.03. The van der Waals surface area contributed by atoms with Crippen LogP contribution in [-0.2, 0) is 0 Å². The van der Waals surface area contributed by atoms with E-state index in [2.05, 4.69) is 13.0 Å². The van der Waals surface area contributed by atoms with Crippen LogP contribution >= 0.6 is 0 Å². The Balaban J connectivity index is 2.54. The summed E-state index contributed by atoms with van der Waals surface area (Å²) in [5.41, 5.74) is 2.02. The van der Waals surface area contributed by atoms with Crippen LogP contribution in [-0.4, -0.2) is 0 Å². The van der Waals surface area contributed by atoms with Gasteiger partial charge in [0.25, 0.3) is 0 Å². The SMILES string of the molecule is CC1CC(C#N)c2cc(F)ccc21. The standard InChI is InChI=1S/C11H10FN/c1-7-4-8(6-13)11-5-9(12)2-3-10(7)11/h2-3,5,7-8H,4H2,1H3. The lowest BCUT2D eigenvalue weighted by atomic mass is 10.0. The minimum Gasteiger partial charge on any atom is -0.207 e. The molecule has 1 aromatic rings. The summed E-state index contributed by atoms with van der Waals surface area (Å²) in [6.07, 6.45) is 0.829. The van der Waals surface area contributed by atoms with E-state index in [0.717, 1.165) is 17.5 Å². The molecule has 0 aromatic heterocycles. The highest BCUT2D eigenvalue weighted by Gasteiger charge is 2.28. The number of nitrogens with zero attached hydrogens (tertiary/aromatic N) is 1. The molecule has 1 aliphatic carbocycles. The zero-order valence-electron chi connectivity index (χ0n) is 7.42. The third-order valence-electron chi connectivity index (χ3n) is 2.70. The zero-order chi connectivity index (χ0) is 9.42. The van der Waals surface area contributed by atoms with Gasteiger partial charge in [0, 0.05) is 0 Å². The van der Waals surface area contributed by atoms with Gasteiger partial charge in [0.1, 0.15) is 5.82 Å². The van der Waals surface area contributed by atoms with Gasteiger partial charge < -0.3 is 0 Å². The Morgan fingerprint density at radius 1 is 1.46 bits per heavy atom. The molecule has 1 aliphatic rings. The van der Waals surface area contributed by atoms with E-state index >= 15 is 0 Å². The van der Waals surface area contributed by atoms with Gasteiger partial charge in [0.15, 0.2) is 0 Å². The lowest BCUT2D eigenvalue weighted by molar-refractivity contribution is 0.625. The molecular formula is C11H10FN. The third-order valence-corrected chi connectivity index (χ3v) is 2.70. The van der Waals surface area contributed by atoms with Gasteiger partial charge in [-0.25, -0.2) is 4.39 Å². The van der Waals surface area contributed by atoms with Gasteiger partial charge in [0.05, 0.1) is 12.0 Å². The van der Waals surface area contributed by atoms with Crippen molar-refractivity contribution in [2.45, 2.75) is 25.2 Å². The molecule has 0 spiro atoms. The van der Waals surface area contributed by atoms with Gasteiger partial charge in [-0.05, 0) is 35.6 Å². The van der Waals surface area contributed by atoms with Gasteiger partial charge in [-0.1, -0.05) is 13.0 Å². The number of nitriles is 1. The molecule has 0 fully saturated rings. The van der Waals surface area contributed by atoms with Crippen LogP contribution in [0.1, 0.15) is 36.3 Å². The van der Waals surface area contributed by atoms with Crippen molar-refractivity contribution in [1.82, 2.24) is 0 Å². The molecule has 0 saturated carbocycles. The van der Waals surface area contributed by atoms with E-state index in [1.807, 2.05) is 0 Å². The van der Waals surface area contributed by atoms with Gasteiger partial charge in [0.2, 0.25) is 0 Å². The quantitative estimate of drug-likeness (QED) is 0.594. The molecule has 0 heterocycles. The molecule has 0 bridgehead atoms. The first-order valence-corrected chi connectivity index (χ1v) is 4.41. The van der Waals surface area contributed by atoms with E-state index in [-0.39, 0.29) is 11.7 Å². The smallest absolute Gasteiger partial charge is 0.123 e. The molecular weight excluding hydrogens is 165 g/mol. The van der Waals surface area contributed by atoms with Crippen molar-refractivity contribution in [3.05, 3.63) is 35.1 Å². The Hall–Kier alpha value is -1.36. The maximum absolute atomic E-state index is 12.9. The average Bonchev–Trinajstić information content (AvgIpc) is 2.42. The fourth-order valence-electron chi connectivity index (χ4n) is 2.03. The Morgan fingerprint density at radius 2 is 2.23 bits per heavy atom. The summed E-state index contributed by atoms with van der Waals surface area (Å²) in [5, 5.41) is 8.85. The Kier molecular flexibility index (Phi) is 1.81.